The van der Waals surface area contributed by atoms with Crippen LogP contribution in [0.4, 0.5) is 18.3 Å². The second-order valence-corrected chi connectivity index (χ2v) is 4.59. The highest BCUT2D eigenvalue weighted by atomic mass is 32.1. The van der Waals surface area contributed by atoms with Crippen LogP contribution in [0.2, 0.25) is 0 Å². The summed E-state index contributed by atoms with van der Waals surface area (Å²) in [4.78, 5) is 26.5. The molecule has 98 valence electrons. The summed E-state index contributed by atoms with van der Waals surface area (Å²) in [6.45, 7) is -0.140. The lowest BCUT2D eigenvalue weighted by Gasteiger charge is -2.11. The van der Waals surface area contributed by atoms with E-state index in [-0.39, 0.29) is 18.1 Å². The molecule has 0 spiro atoms. The number of carbonyl (C=O) groups excluding carboxylic acids is 1. The van der Waals surface area contributed by atoms with Crippen LogP contribution in [0, 0.1) is 5.92 Å². The van der Waals surface area contributed by atoms with Gasteiger partial charge in [-0.2, -0.15) is 13.2 Å². The summed E-state index contributed by atoms with van der Waals surface area (Å²) in [6.07, 6.45) is -4.78. The number of alkyl halides is 3. The van der Waals surface area contributed by atoms with Crippen LogP contribution in [0.25, 0.3) is 0 Å². The van der Waals surface area contributed by atoms with Gasteiger partial charge in [-0.25, -0.2) is 4.98 Å². The smallest absolute Gasteiger partial charge is 0.434 e. The maximum absolute atomic E-state index is 12.3. The zero-order valence-corrected chi connectivity index (χ0v) is 9.59. The van der Waals surface area contributed by atoms with E-state index < -0.39 is 29.7 Å². The number of thiazole rings is 1. The summed E-state index contributed by atoms with van der Waals surface area (Å²) in [5.74, 6) is -2.56. The molecule has 1 aromatic rings. The molecule has 1 N–H and O–H groups in total. The van der Waals surface area contributed by atoms with Crippen molar-refractivity contribution in [3.8, 4) is 0 Å². The Kier molecular flexibility index (Phi) is 3.01. The van der Waals surface area contributed by atoms with E-state index in [2.05, 4.69) is 4.98 Å². The first kappa shape index (κ1) is 12.8. The summed E-state index contributed by atoms with van der Waals surface area (Å²) < 4.78 is 37.0. The Morgan fingerprint density at radius 1 is 1.56 bits per heavy atom. The van der Waals surface area contributed by atoms with E-state index in [0.717, 1.165) is 10.3 Å². The molecule has 1 saturated heterocycles. The number of aromatic nitrogens is 1. The van der Waals surface area contributed by atoms with E-state index in [1.165, 1.54) is 0 Å². The Morgan fingerprint density at radius 3 is 2.67 bits per heavy atom. The molecule has 0 saturated carbocycles. The molecular weight excluding hydrogens is 273 g/mol. The fourth-order valence-electron chi connectivity index (χ4n) is 1.58. The van der Waals surface area contributed by atoms with Gasteiger partial charge in [0.15, 0.2) is 10.8 Å². The van der Waals surface area contributed by atoms with Gasteiger partial charge in [-0.1, -0.05) is 0 Å². The zero-order chi connectivity index (χ0) is 13.5. The van der Waals surface area contributed by atoms with Crippen molar-refractivity contribution in [2.24, 2.45) is 5.92 Å². The maximum Gasteiger partial charge on any atom is 0.434 e. The van der Waals surface area contributed by atoms with Crippen LogP contribution in [0.1, 0.15) is 12.1 Å². The van der Waals surface area contributed by atoms with Crippen molar-refractivity contribution in [1.29, 1.82) is 0 Å². The molecule has 18 heavy (non-hydrogen) atoms. The van der Waals surface area contributed by atoms with Gasteiger partial charge in [-0.05, 0) is 0 Å². The van der Waals surface area contributed by atoms with Crippen molar-refractivity contribution in [2.45, 2.75) is 12.6 Å². The van der Waals surface area contributed by atoms with Gasteiger partial charge in [-0.15, -0.1) is 11.3 Å². The first-order valence-electron chi connectivity index (χ1n) is 4.85. The molecule has 0 aromatic carbocycles. The lowest BCUT2D eigenvalue weighted by Crippen LogP contribution is -2.25. The molecule has 1 aliphatic heterocycles. The van der Waals surface area contributed by atoms with Crippen LogP contribution in [-0.4, -0.2) is 28.5 Å². The third kappa shape index (κ3) is 2.30. The average Bonchev–Trinajstić information content (AvgIpc) is 2.81. The fraction of sp³-hybridized carbons (Fsp3) is 0.444. The maximum atomic E-state index is 12.3. The summed E-state index contributed by atoms with van der Waals surface area (Å²) in [6, 6.07) is 0. The lowest BCUT2D eigenvalue weighted by molar-refractivity contribution is -0.142. The molecule has 2 heterocycles. The van der Waals surface area contributed by atoms with Gasteiger partial charge in [0.25, 0.3) is 0 Å². The van der Waals surface area contributed by atoms with E-state index in [0.29, 0.717) is 11.3 Å². The van der Waals surface area contributed by atoms with Crippen molar-refractivity contribution in [3.63, 3.8) is 0 Å². The number of halogens is 3. The van der Waals surface area contributed by atoms with E-state index in [4.69, 9.17) is 5.11 Å². The SMILES string of the molecule is O=C(O)C1CC(=O)N(c2nc(C(F)(F)F)cs2)C1. The normalized spacial score (nSPS) is 20.5. The Labute approximate surface area is 103 Å². The number of carboxylic acids is 1. The first-order valence-corrected chi connectivity index (χ1v) is 5.73. The quantitative estimate of drug-likeness (QED) is 0.893. The molecule has 1 aromatic heterocycles. The number of hydrogen-bond donors (Lipinski definition) is 1. The molecular formula is C9H7F3N2O3S. The third-order valence-corrected chi connectivity index (χ3v) is 3.35. The van der Waals surface area contributed by atoms with Gasteiger partial charge < -0.3 is 5.11 Å². The van der Waals surface area contributed by atoms with Gasteiger partial charge in [0.05, 0.1) is 5.92 Å². The minimum absolute atomic E-state index is 0.115. The third-order valence-electron chi connectivity index (χ3n) is 2.49. The van der Waals surface area contributed by atoms with Gasteiger partial charge in [0.1, 0.15) is 0 Å². The molecule has 0 radical (unpaired) electrons. The highest BCUT2D eigenvalue weighted by Crippen LogP contribution is 2.34. The van der Waals surface area contributed by atoms with E-state index in [1.54, 1.807) is 0 Å². The van der Waals surface area contributed by atoms with Crippen molar-refractivity contribution in [3.05, 3.63) is 11.1 Å². The monoisotopic (exact) mass is 280 g/mol. The second kappa shape index (κ2) is 4.23. The van der Waals surface area contributed by atoms with Crippen molar-refractivity contribution >= 4 is 28.3 Å². The molecule has 1 fully saturated rings. The number of carbonyl (C=O) groups is 2. The van der Waals surface area contributed by atoms with E-state index >= 15 is 0 Å². The molecule has 9 heteroatoms. The zero-order valence-electron chi connectivity index (χ0n) is 8.77. The highest BCUT2D eigenvalue weighted by Gasteiger charge is 2.39. The number of hydrogen-bond acceptors (Lipinski definition) is 4. The van der Waals surface area contributed by atoms with Crippen LogP contribution in [-0.2, 0) is 15.8 Å². The van der Waals surface area contributed by atoms with Crippen LogP contribution in [0.3, 0.4) is 0 Å². The van der Waals surface area contributed by atoms with E-state index in [1.807, 2.05) is 0 Å². The highest BCUT2D eigenvalue weighted by molar-refractivity contribution is 7.14. The van der Waals surface area contributed by atoms with Crippen molar-refractivity contribution in [1.82, 2.24) is 4.98 Å². The largest absolute Gasteiger partial charge is 0.481 e. The van der Waals surface area contributed by atoms with E-state index in [9.17, 15) is 22.8 Å². The fourth-order valence-corrected chi connectivity index (χ4v) is 2.43. The van der Waals surface area contributed by atoms with Crippen LogP contribution < -0.4 is 4.90 Å². The second-order valence-electron chi connectivity index (χ2n) is 3.76. The Bertz CT molecular complexity index is 499. The Hall–Kier alpha value is -1.64. The first-order chi connectivity index (χ1) is 8.29. The molecule has 2 rings (SSSR count). The lowest BCUT2D eigenvalue weighted by atomic mass is 10.1. The summed E-state index contributed by atoms with van der Waals surface area (Å²) >= 11 is 0.672. The predicted molar refractivity (Wildman–Crippen MR) is 55.2 cm³/mol. The predicted octanol–water partition coefficient (Wildman–Crippen LogP) is 1.60. The molecule has 1 unspecified atom stereocenters. The molecule has 0 aliphatic carbocycles. The molecule has 1 amide bonds. The molecule has 1 aliphatic rings. The number of anilines is 1. The minimum atomic E-state index is -4.57. The molecule has 1 atom stereocenters. The van der Waals surface area contributed by atoms with Gasteiger partial charge in [0.2, 0.25) is 5.91 Å². The Morgan fingerprint density at radius 2 is 2.22 bits per heavy atom. The average molecular weight is 280 g/mol. The van der Waals surface area contributed by atoms with Gasteiger partial charge >= 0.3 is 12.1 Å². The summed E-state index contributed by atoms with van der Waals surface area (Å²) in [5, 5.41) is 9.44. The summed E-state index contributed by atoms with van der Waals surface area (Å²) in [7, 11) is 0. The number of nitrogens with zero attached hydrogens (tertiary/aromatic N) is 2. The van der Waals surface area contributed by atoms with Crippen molar-refractivity contribution in [2.75, 3.05) is 11.4 Å². The van der Waals surface area contributed by atoms with Gasteiger partial charge in [-0.3, -0.25) is 14.5 Å². The van der Waals surface area contributed by atoms with Gasteiger partial charge in [0, 0.05) is 18.3 Å². The Balaban J connectivity index is 2.20. The van der Waals surface area contributed by atoms with Crippen LogP contribution >= 0.6 is 11.3 Å². The van der Waals surface area contributed by atoms with Crippen molar-refractivity contribution < 1.29 is 27.9 Å². The number of amides is 1. The molecule has 0 bridgehead atoms. The topological polar surface area (TPSA) is 70.5 Å². The summed E-state index contributed by atoms with van der Waals surface area (Å²) in [5.41, 5.74) is -1.07. The minimum Gasteiger partial charge on any atom is -0.481 e. The number of aliphatic carboxylic acids is 1. The number of carboxylic acid groups (broad SMARTS) is 1. The molecule has 5 nitrogen and oxygen atoms in total. The number of rotatable bonds is 2. The van der Waals surface area contributed by atoms with Crippen LogP contribution in [0.15, 0.2) is 5.38 Å². The van der Waals surface area contributed by atoms with Crippen LogP contribution in [0.5, 0.6) is 0 Å². The standard InChI is InChI=1S/C9H7F3N2O3S/c10-9(11,12)5-3-18-8(13-5)14-2-4(7(16)17)1-6(14)15/h3-4H,1-2H2,(H,16,17).